The molecule has 0 atom stereocenters. The van der Waals surface area contributed by atoms with Crippen LogP contribution in [-0.4, -0.2) is 0 Å². The van der Waals surface area contributed by atoms with Gasteiger partial charge < -0.3 is 9.80 Å². The molecule has 0 fully saturated rings. The maximum atomic E-state index is 2.51. The normalized spacial score (nSPS) is 14.4. The number of fused-ring (bicyclic) bond motifs is 6. The average Bonchev–Trinajstić information content (AvgIpc) is 3.29. The first-order valence-corrected chi connectivity index (χ1v) is 22.4. The summed E-state index contributed by atoms with van der Waals surface area (Å²) in [5.74, 6) is 0. The largest absolute Gasteiger partial charge is 0.309 e. The second-order valence-electron chi connectivity index (χ2n) is 16.1. The van der Waals surface area contributed by atoms with Gasteiger partial charge in [0.2, 0.25) is 0 Å². The van der Waals surface area contributed by atoms with Gasteiger partial charge in [-0.05, 0) is 159 Å². The van der Waals surface area contributed by atoms with E-state index in [0.717, 1.165) is 18.5 Å². The summed E-state index contributed by atoms with van der Waals surface area (Å²) in [6.07, 6.45) is 6.81. The first-order chi connectivity index (χ1) is 29.6. The van der Waals surface area contributed by atoms with Crippen molar-refractivity contribution in [1.29, 1.82) is 0 Å². The van der Waals surface area contributed by atoms with E-state index in [1.54, 1.807) is 0 Å². The molecule has 0 amide bonds. The third-order valence-corrected chi connectivity index (χ3v) is 14.9. The summed E-state index contributed by atoms with van der Waals surface area (Å²) in [6, 6.07) is 63.7. The Morgan fingerprint density at radius 2 is 1.05 bits per heavy atom. The van der Waals surface area contributed by atoms with Crippen molar-refractivity contribution in [2.24, 2.45) is 0 Å². The summed E-state index contributed by atoms with van der Waals surface area (Å²) in [5.41, 5.74) is 14.9. The first-order valence-electron chi connectivity index (χ1n) is 20.8. The van der Waals surface area contributed by atoms with Gasteiger partial charge in [-0.3, -0.25) is 0 Å². The molecular weight excluding hydrogens is 765 g/mol. The molecule has 3 aliphatic rings. The van der Waals surface area contributed by atoms with Crippen molar-refractivity contribution in [3.8, 4) is 22.3 Å². The lowest BCUT2D eigenvalue weighted by molar-refractivity contribution is 0.969. The van der Waals surface area contributed by atoms with Crippen molar-refractivity contribution in [3.63, 3.8) is 0 Å². The summed E-state index contributed by atoms with van der Waals surface area (Å²) in [7, 11) is 0. The molecule has 60 heavy (non-hydrogen) atoms. The third-order valence-electron chi connectivity index (χ3n) is 12.6. The van der Waals surface area contributed by atoms with Gasteiger partial charge in [0.15, 0.2) is 0 Å². The van der Waals surface area contributed by atoms with Crippen molar-refractivity contribution >= 4 is 84.3 Å². The topological polar surface area (TPSA) is 6.48 Å². The second-order valence-corrected chi connectivity index (χ2v) is 18.3. The van der Waals surface area contributed by atoms with Crippen LogP contribution < -0.4 is 9.80 Å². The Morgan fingerprint density at radius 3 is 1.78 bits per heavy atom. The molecular formula is C56H40N2S2. The van der Waals surface area contributed by atoms with E-state index >= 15 is 0 Å². The maximum absolute atomic E-state index is 2.51. The SMILES string of the molecule is Cc1ccc(-c2c3cc(N4c5ccccc5Sc5ccccc54)ccc3c(-c3cccc4ccccc34)c3cc(N4C5=C(CCC=C5)Sc5ccccc54)ccc23)cc1C. The van der Waals surface area contributed by atoms with E-state index in [2.05, 4.69) is 206 Å². The quantitative estimate of drug-likeness (QED) is 0.163. The summed E-state index contributed by atoms with van der Waals surface area (Å²) in [4.78, 5) is 10.2. The molecule has 9 aromatic rings. The molecule has 0 saturated heterocycles. The molecule has 2 aliphatic heterocycles. The average molecular weight is 805 g/mol. The lowest BCUT2D eigenvalue weighted by Gasteiger charge is -2.35. The summed E-state index contributed by atoms with van der Waals surface area (Å²) >= 11 is 3.79. The van der Waals surface area contributed by atoms with Gasteiger partial charge in [0.25, 0.3) is 0 Å². The number of allylic oxidation sites excluding steroid dienone is 3. The van der Waals surface area contributed by atoms with Gasteiger partial charge in [-0.2, -0.15) is 0 Å². The molecule has 2 nitrogen and oxygen atoms in total. The standard InChI is InChI=1S/C56H40N2S2/c1-35-26-27-38(32-36(35)2)55-43-30-28-40(58-49-20-7-11-24-53(49)60-54-25-12-8-21-50(54)58)34-46(43)56(42-17-13-15-37-14-3-4-16-41(37)42)44-31-29-39(33-45(44)55)57-47-18-5-9-22-51(47)59-52-23-10-6-19-48(52)57/h3-11,13-24,26-34H,12,25H2,1-2H3. The highest BCUT2D eigenvalue weighted by Crippen LogP contribution is 2.55. The molecule has 0 saturated carbocycles. The third kappa shape index (κ3) is 5.58. The molecule has 0 N–H and O–H groups in total. The van der Waals surface area contributed by atoms with Crippen molar-refractivity contribution in [1.82, 2.24) is 0 Å². The predicted molar refractivity (Wildman–Crippen MR) is 258 cm³/mol. The Balaban J connectivity index is 1.21. The Hall–Kier alpha value is -6.46. The van der Waals surface area contributed by atoms with E-state index in [0.29, 0.717) is 0 Å². The number of para-hydroxylation sites is 3. The number of benzene rings is 9. The molecule has 12 rings (SSSR count). The van der Waals surface area contributed by atoms with Gasteiger partial charge in [-0.15, -0.1) is 0 Å². The van der Waals surface area contributed by atoms with Crippen LogP contribution in [0.2, 0.25) is 0 Å². The molecule has 0 unspecified atom stereocenters. The number of rotatable bonds is 4. The van der Waals surface area contributed by atoms with Gasteiger partial charge >= 0.3 is 0 Å². The number of thioether (sulfide) groups is 1. The number of anilines is 5. The fraction of sp³-hybridized carbons (Fsp3) is 0.0714. The van der Waals surface area contributed by atoms with Gasteiger partial charge in [-0.25, -0.2) is 0 Å². The number of hydrogen-bond donors (Lipinski definition) is 0. The van der Waals surface area contributed by atoms with Crippen molar-refractivity contribution in [2.75, 3.05) is 9.80 Å². The molecule has 0 bridgehead atoms. The highest BCUT2D eigenvalue weighted by molar-refractivity contribution is 8.03. The van der Waals surface area contributed by atoms with Crippen LogP contribution in [0.3, 0.4) is 0 Å². The molecule has 1 aliphatic carbocycles. The smallest absolute Gasteiger partial charge is 0.0601 e. The van der Waals surface area contributed by atoms with Gasteiger partial charge in [0, 0.05) is 31.0 Å². The minimum absolute atomic E-state index is 1.06. The van der Waals surface area contributed by atoms with E-state index < -0.39 is 0 Å². The van der Waals surface area contributed by atoms with Crippen LogP contribution in [0.15, 0.2) is 207 Å². The first kappa shape index (κ1) is 35.5. The minimum Gasteiger partial charge on any atom is -0.309 e. The van der Waals surface area contributed by atoms with E-state index in [1.165, 1.54) is 114 Å². The zero-order chi connectivity index (χ0) is 39.9. The fourth-order valence-corrected chi connectivity index (χ4v) is 11.8. The van der Waals surface area contributed by atoms with Crippen LogP contribution in [0, 0.1) is 13.8 Å². The zero-order valence-electron chi connectivity index (χ0n) is 33.4. The van der Waals surface area contributed by atoms with Crippen molar-refractivity contribution in [2.45, 2.75) is 41.4 Å². The highest BCUT2D eigenvalue weighted by atomic mass is 32.2. The van der Waals surface area contributed by atoms with Gasteiger partial charge in [0.1, 0.15) is 0 Å². The molecule has 2 heterocycles. The predicted octanol–water partition coefficient (Wildman–Crippen LogP) is 16.8. The van der Waals surface area contributed by atoms with Crippen LogP contribution >= 0.6 is 23.5 Å². The summed E-state index contributed by atoms with van der Waals surface area (Å²) < 4.78 is 0. The number of hydrogen-bond acceptors (Lipinski definition) is 4. The molecule has 4 heteroatoms. The van der Waals surface area contributed by atoms with Crippen LogP contribution in [0.5, 0.6) is 0 Å². The van der Waals surface area contributed by atoms with Crippen LogP contribution in [0.4, 0.5) is 28.4 Å². The fourth-order valence-electron chi connectivity index (χ4n) is 9.61. The Morgan fingerprint density at radius 1 is 0.450 bits per heavy atom. The zero-order valence-corrected chi connectivity index (χ0v) is 35.1. The van der Waals surface area contributed by atoms with E-state index in [1.807, 2.05) is 23.5 Å². The molecule has 0 radical (unpaired) electrons. The number of aryl methyl sites for hydroxylation is 2. The lowest BCUT2D eigenvalue weighted by Crippen LogP contribution is -2.21. The molecule has 286 valence electrons. The van der Waals surface area contributed by atoms with Crippen LogP contribution in [-0.2, 0) is 0 Å². The van der Waals surface area contributed by atoms with Crippen molar-refractivity contribution in [3.05, 3.63) is 204 Å². The molecule has 9 aromatic carbocycles. The monoisotopic (exact) mass is 804 g/mol. The Bertz CT molecular complexity index is 3270. The summed E-state index contributed by atoms with van der Waals surface area (Å²) in [6.45, 7) is 4.45. The highest BCUT2D eigenvalue weighted by Gasteiger charge is 2.29. The van der Waals surface area contributed by atoms with E-state index in [9.17, 15) is 0 Å². The lowest BCUT2D eigenvalue weighted by atomic mass is 9.83. The van der Waals surface area contributed by atoms with E-state index in [-0.39, 0.29) is 0 Å². The van der Waals surface area contributed by atoms with Crippen LogP contribution in [0.25, 0.3) is 54.6 Å². The maximum Gasteiger partial charge on any atom is 0.0601 e. The molecule has 0 spiro atoms. The minimum atomic E-state index is 1.06. The second kappa shape index (κ2) is 14.1. The number of nitrogens with zero attached hydrogens (tertiary/aromatic N) is 2. The van der Waals surface area contributed by atoms with Gasteiger partial charge in [0.05, 0.1) is 22.8 Å². The van der Waals surface area contributed by atoms with E-state index in [4.69, 9.17) is 0 Å². The van der Waals surface area contributed by atoms with Crippen molar-refractivity contribution < 1.29 is 0 Å². The van der Waals surface area contributed by atoms with Crippen LogP contribution in [0.1, 0.15) is 24.0 Å². The summed E-state index contributed by atoms with van der Waals surface area (Å²) in [5, 5.41) is 7.48. The van der Waals surface area contributed by atoms with Gasteiger partial charge in [-0.1, -0.05) is 139 Å². The Kier molecular flexibility index (Phi) is 8.33. The Labute approximate surface area is 359 Å². The molecule has 0 aromatic heterocycles.